The predicted molar refractivity (Wildman–Crippen MR) is 91.3 cm³/mol. The smallest absolute Gasteiger partial charge is 0.311 e. The van der Waals surface area contributed by atoms with Gasteiger partial charge in [-0.25, -0.2) is 0 Å². The first-order valence-electron chi connectivity index (χ1n) is 9.21. The molecule has 2 aliphatic carbocycles. The third kappa shape index (κ3) is 3.02. The molecule has 5 heteroatoms. The Labute approximate surface area is 144 Å². The highest BCUT2D eigenvalue weighted by atomic mass is 16.6. The van der Waals surface area contributed by atoms with Crippen LogP contribution < -0.4 is 5.32 Å². The molecule has 1 saturated carbocycles. The van der Waals surface area contributed by atoms with E-state index in [0.717, 1.165) is 6.42 Å². The maximum absolute atomic E-state index is 12.4. The zero-order valence-corrected chi connectivity index (χ0v) is 15.0. The van der Waals surface area contributed by atoms with Gasteiger partial charge in [-0.05, 0) is 37.5 Å². The average molecular weight is 337 g/mol. The number of hydrogen-bond donors (Lipinski definition) is 3. The first-order valence-corrected chi connectivity index (χ1v) is 9.21. The van der Waals surface area contributed by atoms with Gasteiger partial charge < -0.3 is 20.3 Å². The molecule has 0 aromatic rings. The second kappa shape index (κ2) is 6.43. The third-order valence-corrected chi connectivity index (χ3v) is 6.53. The molecule has 1 saturated heterocycles. The topological polar surface area (TPSA) is 78.8 Å². The van der Waals surface area contributed by atoms with Gasteiger partial charge >= 0.3 is 5.97 Å². The Morgan fingerprint density at radius 1 is 1.42 bits per heavy atom. The first-order chi connectivity index (χ1) is 11.3. The molecule has 0 amide bonds. The summed E-state index contributed by atoms with van der Waals surface area (Å²) in [6, 6.07) is 0. The fraction of sp³-hybridized carbons (Fsp3) is 0.842. The summed E-state index contributed by atoms with van der Waals surface area (Å²) in [7, 11) is 0. The zero-order chi connectivity index (χ0) is 17.5. The van der Waals surface area contributed by atoms with Gasteiger partial charge in [0, 0.05) is 12.5 Å². The van der Waals surface area contributed by atoms with Crippen molar-refractivity contribution in [3.8, 4) is 0 Å². The zero-order valence-electron chi connectivity index (χ0n) is 15.0. The molecule has 1 unspecified atom stereocenters. The van der Waals surface area contributed by atoms with Gasteiger partial charge in [0.05, 0.1) is 24.7 Å². The summed E-state index contributed by atoms with van der Waals surface area (Å²) >= 11 is 0. The van der Waals surface area contributed by atoms with Crippen molar-refractivity contribution in [3.63, 3.8) is 0 Å². The molecule has 3 rings (SSSR count). The van der Waals surface area contributed by atoms with Gasteiger partial charge in [-0.2, -0.15) is 0 Å². The Morgan fingerprint density at radius 3 is 2.79 bits per heavy atom. The minimum absolute atomic E-state index is 0.0298. The van der Waals surface area contributed by atoms with E-state index in [1.54, 1.807) is 6.92 Å². The van der Waals surface area contributed by atoms with Crippen molar-refractivity contribution in [2.75, 3.05) is 19.8 Å². The summed E-state index contributed by atoms with van der Waals surface area (Å²) in [5, 5.41) is 22.0. The van der Waals surface area contributed by atoms with E-state index in [1.807, 2.05) is 0 Å². The van der Waals surface area contributed by atoms with Crippen molar-refractivity contribution < 1.29 is 19.7 Å². The summed E-state index contributed by atoms with van der Waals surface area (Å²) in [6.07, 6.45) is 6.87. The molecule has 2 fully saturated rings. The molecule has 5 nitrogen and oxygen atoms in total. The third-order valence-electron chi connectivity index (χ3n) is 6.53. The minimum atomic E-state index is -0.771. The van der Waals surface area contributed by atoms with Crippen LogP contribution in [0, 0.1) is 23.2 Å². The van der Waals surface area contributed by atoms with Gasteiger partial charge in [0.1, 0.15) is 6.10 Å². The molecule has 0 spiro atoms. The standard InChI is InChI=1S/C19H31NO4/c1-12-5-4-6-18(2)8-16-13(7-15(12)18)14(17(23)24-16)9-20-19(3,10-21)11-22/h7,12-14,16,20-22H,4-6,8-11H2,1-3H3/t12-,13+,14?,16+,18+/m0/s1. The van der Waals surface area contributed by atoms with Crippen LogP contribution in [0.2, 0.25) is 0 Å². The van der Waals surface area contributed by atoms with E-state index in [-0.39, 0.29) is 42.5 Å². The molecular formula is C19H31NO4. The number of aliphatic hydroxyl groups is 2. The number of ether oxygens (including phenoxy) is 1. The minimum Gasteiger partial charge on any atom is -0.461 e. The van der Waals surface area contributed by atoms with Crippen molar-refractivity contribution in [2.24, 2.45) is 23.2 Å². The fourth-order valence-corrected chi connectivity index (χ4v) is 4.80. The maximum Gasteiger partial charge on any atom is 0.311 e. The number of fused-ring (bicyclic) bond motifs is 2. The van der Waals surface area contributed by atoms with E-state index >= 15 is 0 Å². The fourth-order valence-electron chi connectivity index (χ4n) is 4.80. The van der Waals surface area contributed by atoms with Crippen LogP contribution in [-0.2, 0) is 9.53 Å². The first kappa shape index (κ1) is 17.9. The van der Waals surface area contributed by atoms with Crippen molar-refractivity contribution >= 4 is 5.97 Å². The molecule has 24 heavy (non-hydrogen) atoms. The number of rotatable bonds is 5. The monoisotopic (exact) mass is 337 g/mol. The van der Waals surface area contributed by atoms with Crippen LogP contribution in [0.25, 0.3) is 0 Å². The summed E-state index contributed by atoms with van der Waals surface area (Å²) in [6.45, 7) is 6.45. The molecule has 0 radical (unpaired) electrons. The Morgan fingerprint density at radius 2 is 2.12 bits per heavy atom. The van der Waals surface area contributed by atoms with E-state index in [1.165, 1.54) is 24.8 Å². The van der Waals surface area contributed by atoms with Crippen LogP contribution >= 0.6 is 0 Å². The van der Waals surface area contributed by atoms with Crippen LogP contribution in [-0.4, -0.2) is 47.6 Å². The molecule has 136 valence electrons. The van der Waals surface area contributed by atoms with E-state index in [0.29, 0.717) is 12.5 Å². The number of esters is 1. The van der Waals surface area contributed by atoms with Gasteiger partial charge in [-0.1, -0.05) is 31.9 Å². The van der Waals surface area contributed by atoms with Crippen molar-refractivity contribution in [1.82, 2.24) is 5.32 Å². The van der Waals surface area contributed by atoms with E-state index in [4.69, 9.17) is 4.74 Å². The molecule has 0 aromatic carbocycles. The molecule has 0 bridgehead atoms. The van der Waals surface area contributed by atoms with Crippen LogP contribution in [0.15, 0.2) is 11.6 Å². The normalized spacial score (nSPS) is 39.0. The number of aliphatic hydroxyl groups excluding tert-OH is 2. The van der Waals surface area contributed by atoms with E-state index in [2.05, 4.69) is 25.2 Å². The molecule has 1 aliphatic heterocycles. The van der Waals surface area contributed by atoms with Crippen molar-refractivity contribution in [3.05, 3.63) is 11.6 Å². The Hall–Kier alpha value is -0.910. The quantitative estimate of drug-likeness (QED) is 0.525. The highest BCUT2D eigenvalue weighted by Crippen LogP contribution is 2.53. The summed E-state index contributed by atoms with van der Waals surface area (Å²) in [5.41, 5.74) is 0.907. The lowest BCUT2D eigenvalue weighted by Gasteiger charge is -2.46. The SMILES string of the molecule is C[C@H]1CCC[C@]2(C)C[C@H]3OC(=O)C(CNC(C)(CO)CO)[C@H]3C=C12. The second-order valence-electron chi connectivity index (χ2n) is 8.60. The lowest BCUT2D eigenvalue weighted by atomic mass is 9.59. The van der Waals surface area contributed by atoms with Gasteiger partial charge in [-0.15, -0.1) is 0 Å². The largest absolute Gasteiger partial charge is 0.461 e. The highest BCUT2D eigenvalue weighted by molar-refractivity contribution is 5.76. The number of allylic oxidation sites excluding steroid dienone is 1. The van der Waals surface area contributed by atoms with Crippen LogP contribution in [0.1, 0.15) is 46.5 Å². The van der Waals surface area contributed by atoms with Crippen molar-refractivity contribution in [1.29, 1.82) is 0 Å². The lowest BCUT2D eigenvalue weighted by Crippen LogP contribution is -2.51. The Kier molecular flexibility index (Phi) is 4.80. The molecule has 3 aliphatic rings. The highest BCUT2D eigenvalue weighted by Gasteiger charge is 2.51. The molecule has 5 atom stereocenters. The molecule has 3 N–H and O–H groups in total. The average Bonchev–Trinajstić information content (AvgIpc) is 2.84. The van der Waals surface area contributed by atoms with E-state index < -0.39 is 5.54 Å². The summed E-state index contributed by atoms with van der Waals surface area (Å²) in [5.74, 6) is 0.297. The number of hydrogen-bond acceptors (Lipinski definition) is 5. The molecule has 0 aromatic heterocycles. The Balaban J connectivity index is 1.79. The number of carbonyl (C=O) groups is 1. The molecule has 1 heterocycles. The van der Waals surface area contributed by atoms with Gasteiger partial charge in [0.2, 0.25) is 0 Å². The maximum atomic E-state index is 12.4. The van der Waals surface area contributed by atoms with E-state index in [9.17, 15) is 15.0 Å². The van der Waals surface area contributed by atoms with Crippen LogP contribution in [0.4, 0.5) is 0 Å². The number of nitrogens with one attached hydrogen (secondary N) is 1. The second-order valence-corrected chi connectivity index (χ2v) is 8.60. The van der Waals surface area contributed by atoms with Gasteiger partial charge in [0.25, 0.3) is 0 Å². The Bertz CT molecular complexity index is 527. The van der Waals surface area contributed by atoms with Crippen molar-refractivity contribution in [2.45, 2.75) is 58.1 Å². The van der Waals surface area contributed by atoms with Crippen LogP contribution in [0.3, 0.4) is 0 Å². The summed E-state index contributed by atoms with van der Waals surface area (Å²) < 4.78 is 5.71. The van der Waals surface area contributed by atoms with Gasteiger partial charge in [0.15, 0.2) is 0 Å². The van der Waals surface area contributed by atoms with Gasteiger partial charge in [-0.3, -0.25) is 4.79 Å². The summed E-state index contributed by atoms with van der Waals surface area (Å²) in [4.78, 5) is 12.4. The molecular weight excluding hydrogens is 306 g/mol. The lowest BCUT2D eigenvalue weighted by molar-refractivity contribution is -0.145. The predicted octanol–water partition coefficient (Wildman–Crippen LogP) is 1.63. The number of carbonyl (C=O) groups excluding carboxylic acids is 1. The van der Waals surface area contributed by atoms with Crippen LogP contribution in [0.5, 0.6) is 0 Å².